The van der Waals surface area contributed by atoms with Crippen molar-refractivity contribution in [3.05, 3.63) is 18.2 Å². The summed E-state index contributed by atoms with van der Waals surface area (Å²) in [5, 5.41) is 0. The Morgan fingerprint density at radius 1 is 1.26 bits per heavy atom. The number of fused-ring (bicyclic) bond motifs is 1. The molecular weight excluding hydrogens is 312 g/mol. The van der Waals surface area contributed by atoms with Gasteiger partial charge >= 0.3 is 0 Å². The van der Waals surface area contributed by atoms with E-state index in [9.17, 15) is 8.42 Å². The third-order valence-corrected chi connectivity index (χ3v) is 6.69. The van der Waals surface area contributed by atoms with Crippen molar-refractivity contribution in [2.24, 2.45) is 5.92 Å². The highest BCUT2D eigenvalue weighted by Gasteiger charge is 2.35. The summed E-state index contributed by atoms with van der Waals surface area (Å²) >= 11 is 0. The Morgan fingerprint density at radius 3 is 2.61 bits per heavy atom. The highest BCUT2D eigenvalue weighted by Crippen LogP contribution is 2.35. The van der Waals surface area contributed by atoms with Gasteiger partial charge in [-0.05, 0) is 37.3 Å². The van der Waals surface area contributed by atoms with E-state index in [1.807, 2.05) is 12.1 Å². The van der Waals surface area contributed by atoms with E-state index in [1.54, 1.807) is 13.1 Å². The van der Waals surface area contributed by atoms with Gasteiger partial charge in [-0.1, -0.05) is 13.8 Å². The summed E-state index contributed by atoms with van der Waals surface area (Å²) in [6.45, 7) is 6.67. The van der Waals surface area contributed by atoms with Crippen molar-refractivity contribution in [3.63, 3.8) is 0 Å². The van der Waals surface area contributed by atoms with Crippen LogP contribution < -0.4 is 9.64 Å². The number of anilines is 1. The molecule has 1 aromatic carbocycles. The molecule has 128 valence electrons. The molecule has 0 aromatic heterocycles. The van der Waals surface area contributed by atoms with E-state index in [4.69, 9.17) is 4.74 Å². The first-order chi connectivity index (χ1) is 10.9. The third kappa shape index (κ3) is 3.19. The first-order valence-corrected chi connectivity index (χ1v) is 9.83. The predicted molar refractivity (Wildman–Crippen MR) is 91.6 cm³/mol. The monoisotopic (exact) mass is 338 g/mol. The number of ether oxygens (including phenoxy) is 1. The van der Waals surface area contributed by atoms with Crippen LogP contribution in [0.25, 0.3) is 0 Å². The molecule has 0 aliphatic carbocycles. The summed E-state index contributed by atoms with van der Waals surface area (Å²) in [5.74, 6) is 0.912. The van der Waals surface area contributed by atoms with Crippen LogP contribution in [0.15, 0.2) is 23.1 Å². The van der Waals surface area contributed by atoms with Gasteiger partial charge in [0.2, 0.25) is 10.0 Å². The fourth-order valence-electron chi connectivity index (χ4n) is 3.40. The van der Waals surface area contributed by atoms with E-state index in [-0.39, 0.29) is 10.9 Å². The zero-order valence-corrected chi connectivity index (χ0v) is 15.0. The summed E-state index contributed by atoms with van der Waals surface area (Å²) in [6, 6.07) is 5.38. The van der Waals surface area contributed by atoms with Crippen molar-refractivity contribution >= 4 is 15.7 Å². The SMILES string of the molecule is CC(C)C[C@@H]1COc2cc(N3CCCC3)ccc2S(=O)(=O)N1C. The van der Waals surface area contributed by atoms with Crippen molar-refractivity contribution in [3.8, 4) is 5.75 Å². The molecule has 1 fully saturated rings. The number of hydrogen-bond donors (Lipinski definition) is 0. The van der Waals surface area contributed by atoms with Crippen LogP contribution in [-0.4, -0.2) is 45.5 Å². The van der Waals surface area contributed by atoms with Gasteiger partial charge in [0.25, 0.3) is 0 Å². The predicted octanol–water partition coefficient (Wildman–Crippen LogP) is 2.71. The van der Waals surface area contributed by atoms with Crippen LogP contribution in [0.4, 0.5) is 5.69 Å². The second kappa shape index (κ2) is 6.32. The second-order valence-electron chi connectivity index (χ2n) is 6.94. The van der Waals surface area contributed by atoms with Crippen LogP contribution in [0.3, 0.4) is 0 Å². The van der Waals surface area contributed by atoms with Gasteiger partial charge in [0.15, 0.2) is 0 Å². The van der Waals surface area contributed by atoms with Crippen molar-refractivity contribution in [2.45, 2.75) is 44.0 Å². The van der Waals surface area contributed by atoms with Crippen molar-refractivity contribution in [1.29, 1.82) is 0 Å². The smallest absolute Gasteiger partial charge is 0.246 e. The largest absolute Gasteiger partial charge is 0.490 e. The Balaban J connectivity index is 1.95. The Bertz CT molecular complexity index is 666. The zero-order valence-electron chi connectivity index (χ0n) is 14.2. The Labute approximate surface area is 139 Å². The molecule has 0 saturated carbocycles. The Hall–Kier alpha value is -1.27. The van der Waals surface area contributed by atoms with Gasteiger partial charge in [0.05, 0.1) is 6.04 Å². The van der Waals surface area contributed by atoms with Gasteiger partial charge in [-0.2, -0.15) is 4.31 Å². The van der Waals surface area contributed by atoms with Gasteiger partial charge in [0.1, 0.15) is 17.3 Å². The molecule has 2 aliphatic rings. The Kier molecular flexibility index (Phi) is 4.56. The standard InChI is InChI=1S/C17H26N2O3S/c1-13(2)10-15-12-22-16-11-14(19-8-4-5-9-19)6-7-17(16)23(20,21)18(15)3/h6-7,11,13,15H,4-5,8-10,12H2,1-3H3/t15-/m1/s1. The molecule has 0 N–H and O–H groups in total. The second-order valence-corrected chi connectivity index (χ2v) is 8.91. The molecule has 2 heterocycles. The summed E-state index contributed by atoms with van der Waals surface area (Å²) < 4.78 is 33.2. The summed E-state index contributed by atoms with van der Waals surface area (Å²) in [4.78, 5) is 2.57. The maximum atomic E-state index is 12.9. The average Bonchev–Trinajstić information content (AvgIpc) is 3.01. The van der Waals surface area contributed by atoms with Crippen LogP contribution in [0.2, 0.25) is 0 Å². The van der Waals surface area contributed by atoms with Crippen molar-refractivity contribution in [1.82, 2.24) is 4.31 Å². The number of sulfonamides is 1. The third-order valence-electron chi connectivity index (χ3n) is 4.74. The van der Waals surface area contributed by atoms with Crippen molar-refractivity contribution < 1.29 is 13.2 Å². The van der Waals surface area contributed by atoms with Gasteiger partial charge in [-0.3, -0.25) is 0 Å². The first kappa shape index (κ1) is 16.6. The number of benzene rings is 1. The molecule has 0 bridgehead atoms. The summed E-state index contributed by atoms with van der Waals surface area (Å²) in [6.07, 6.45) is 3.17. The summed E-state index contributed by atoms with van der Waals surface area (Å²) in [7, 11) is -1.84. The van der Waals surface area contributed by atoms with Gasteiger partial charge < -0.3 is 9.64 Å². The topological polar surface area (TPSA) is 49.9 Å². The minimum Gasteiger partial charge on any atom is -0.490 e. The molecule has 0 amide bonds. The maximum absolute atomic E-state index is 12.9. The van der Waals surface area contributed by atoms with E-state index in [0.717, 1.165) is 25.2 Å². The van der Waals surface area contributed by atoms with Gasteiger partial charge in [-0.15, -0.1) is 0 Å². The fourth-order valence-corrected chi connectivity index (χ4v) is 4.86. The number of hydrogen-bond acceptors (Lipinski definition) is 4. The molecule has 6 heteroatoms. The van der Waals surface area contributed by atoms with Crippen molar-refractivity contribution in [2.75, 3.05) is 31.6 Å². The van der Waals surface area contributed by atoms with Crippen LogP contribution in [-0.2, 0) is 10.0 Å². The molecule has 0 spiro atoms. The van der Waals surface area contributed by atoms with E-state index < -0.39 is 10.0 Å². The van der Waals surface area contributed by atoms with Crippen LogP contribution in [0.5, 0.6) is 5.75 Å². The molecule has 5 nitrogen and oxygen atoms in total. The molecule has 0 unspecified atom stereocenters. The number of likely N-dealkylation sites (N-methyl/N-ethyl adjacent to an activating group) is 1. The quantitative estimate of drug-likeness (QED) is 0.850. The summed E-state index contributed by atoms with van der Waals surface area (Å²) in [5.41, 5.74) is 1.06. The van der Waals surface area contributed by atoms with Gasteiger partial charge in [-0.25, -0.2) is 8.42 Å². The van der Waals surface area contributed by atoms with E-state index >= 15 is 0 Å². The highest BCUT2D eigenvalue weighted by molar-refractivity contribution is 7.89. The number of rotatable bonds is 3. The molecule has 1 atom stereocenters. The molecular formula is C17H26N2O3S. The molecule has 23 heavy (non-hydrogen) atoms. The minimum atomic E-state index is -3.50. The van der Waals surface area contributed by atoms with Gasteiger partial charge in [0, 0.05) is 31.9 Å². The zero-order chi connectivity index (χ0) is 16.6. The van der Waals surface area contributed by atoms with Crippen LogP contribution in [0.1, 0.15) is 33.1 Å². The van der Waals surface area contributed by atoms with Crippen LogP contribution >= 0.6 is 0 Å². The van der Waals surface area contributed by atoms with E-state index in [2.05, 4.69) is 18.7 Å². The number of nitrogens with zero attached hydrogens (tertiary/aromatic N) is 2. The molecule has 3 rings (SSSR count). The molecule has 2 aliphatic heterocycles. The molecule has 0 radical (unpaired) electrons. The lowest BCUT2D eigenvalue weighted by Gasteiger charge is -2.25. The maximum Gasteiger partial charge on any atom is 0.246 e. The lowest BCUT2D eigenvalue weighted by atomic mass is 10.0. The fraction of sp³-hybridized carbons (Fsp3) is 0.647. The Morgan fingerprint density at radius 2 is 1.96 bits per heavy atom. The highest BCUT2D eigenvalue weighted by atomic mass is 32.2. The molecule has 1 aromatic rings. The molecule has 1 saturated heterocycles. The lowest BCUT2D eigenvalue weighted by molar-refractivity contribution is 0.207. The lowest BCUT2D eigenvalue weighted by Crippen LogP contribution is -2.39. The first-order valence-electron chi connectivity index (χ1n) is 8.39. The van der Waals surface area contributed by atoms with E-state index in [0.29, 0.717) is 18.3 Å². The van der Waals surface area contributed by atoms with Crippen LogP contribution in [0, 0.1) is 5.92 Å². The minimum absolute atomic E-state index is 0.123. The van der Waals surface area contributed by atoms with E-state index in [1.165, 1.54) is 17.1 Å². The average molecular weight is 338 g/mol. The normalized spacial score (nSPS) is 24.3.